The second-order valence-corrected chi connectivity index (χ2v) is 7.21. The monoisotopic (exact) mass is 379 g/mol. The Balaban J connectivity index is 1.62. The molecular formula is C19H17N5O2S. The van der Waals surface area contributed by atoms with Crippen molar-refractivity contribution in [3.05, 3.63) is 53.1 Å². The molecule has 0 N–H and O–H groups in total. The van der Waals surface area contributed by atoms with E-state index in [1.165, 1.54) is 11.8 Å². The van der Waals surface area contributed by atoms with E-state index in [-0.39, 0.29) is 6.10 Å². The molecule has 3 heterocycles. The topological polar surface area (TPSA) is 85.9 Å². The van der Waals surface area contributed by atoms with Crippen LogP contribution >= 0.6 is 11.8 Å². The second-order valence-electron chi connectivity index (χ2n) is 6.20. The summed E-state index contributed by atoms with van der Waals surface area (Å²) in [6.07, 6.45) is -0.344. The Kier molecular flexibility index (Phi) is 4.46. The zero-order valence-corrected chi connectivity index (χ0v) is 15.9. The molecule has 1 aromatic carbocycles. The molecule has 1 aliphatic rings. The van der Waals surface area contributed by atoms with Gasteiger partial charge in [0.1, 0.15) is 12.7 Å². The number of pyridine rings is 1. The first-order valence-corrected chi connectivity index (χ1v) is 9.22. The summed E-state index contributed by atoms with van der Waals surface area (Å²) in [5.74, 6) is 2.10. The molecule has 0 spiro atoms. The van der Waals surface area contributed by atoms with E-state index in [2.05, 4.69) is 21.3 Å². The third kappa shape index (κ3) is 3.22. The Morgan fingerprint density at radius 3 is 2.78 bits per heavy atom. The van der Waals surface area contributed by atoms with Crippen LogP contribution in [-0.4, -0.2) is 26.4 Å². The van der Waals surface area contributed by atoms with Gasteiger partial charge in [-0.1, -0.05) is 12.1 Å². The van der Waals surface area contributed by atoms with Gasteiger partial charge >= 0.3 is 0 Å². The van der Waals surface area contributed by atoms with Crippen LogP contribution in [0.5, 0.6) is 11.5 Å². The number of fused-ring (bicyclic) bond motifs is 1. The number of benzene rings is 1. The van der Waals surface area contributed by atoms with Gasteiger partial charge in [-0.15, -0.1) is 10.2 Å². The molecule has 2 aromatic heterocycles. The Labute approximate surface area is 161 Å². The molecule has 0 amide bonds. The minimum atomic E-state index is -0.344. The van der Waals surface area contributed by atoms with Gasteiger partial charge in [-0.25, -0.2) is 0 Å². The lowest BCUT2D eigenvalue weighted by Crippen LogP contribution is -2.24. The fourth-order valence-corrected chi connectivity index (χ4v) is 3.98. The highest BCUT2D eigenvalue weighted by Crippen LogP contribution is 2.37. The van der Waals surface area contributed by atoms with E-state index in [0.29, 0.717) is 34.6 Å². The molecule has 7 nitrogen and oxygen atoms in total. The van der Waals surface area contributed by atoms with Crippen LogP contribution in [0.3, 0.4) is 0 Å². The maximum absolute atomic E-state index is 9.46. The van der Waals surface area contributed by atoms with E-state index in [1.54, 1.807) is 0 Å². The zero-order chi connectivity index (χ0) is 19.0. The summed E-state index contributed by atoms with van der Waals surface area (Å²) in [6.45, 7) is 4.11. The predicted octanol–water partition coefficient (Wildman–Crippen LogP) is 3.36. The molecule has 0 radical (unpaired) electrons. The predicted molar refractivity (Wildman–Crippen MR) is 98.9 cm³/mol. The van der Waals surface area contributed by atoms with E-state index in [1.807, 2.05) is 55.8 Å². The van der Waals surface area contributed by atoms with E-state index in [9.17, 15) is 5.26 Å². The summed E-state index contributed by atoms with van der Waals surface area (Å²) in [5, 5.41) is 18.7. The van der Waals surface area contributed by atoms with Gasteiger partial charge in [-0.3, -0.25) is 4.98 Å². The molecule has 27 heavy (non-hydrogen) atoms. The van der Waals surface area contributed by atoms with Crippen LogP contribution in [-0.2, 0) is 7.05 Å². The summed E-state index contributed by atoms with van der Waals surface area (Å²) >= 11 is 1.39. The molecule has 0 fully saturated rings. The van der Waals surface area contributed by atoms with Crippen LogP contribution < -0.4 is 9.47 Å². The van der Waals surface area contributed by atoms with Gasteiger partial charge in [-0.2, -0.15) is 5.26 Å². The lowest BCUT2D eigenvalue weighted by molar-refractivity contribution is 0.0825. The van der Waals surface area contributed by atoms with Crippen molar-refractivity contribution < 1.29 is 9.47 Å². The van der Waals surface area contributed by atoms with Crippen LogP contribution in [0.4, 0.5) is 0 Å². The van der Waals surface area contributed by atoms with Gasteiger partial charge in [0.05, 0.1) is 11.3 Å². The normalized spacial score (nSPS) is 15.4. The number of aryl methyl sites for hydroxylation is 2. The number of rotatable bonds is 3. The number of para-hydroxylation sites is 2. The molecule has 8 heteroatoms. The van der Waals surface area contributed by atoms with Crippen molar-refractivity contribution in [2.45, 2.75) is 30.0 Å². The highest BCUT2D eigenvalue weighted by Gasteiger charge is 2.27. The summed E-state index contributed by atoms with van der Waals surface area (Å²) in [4.78, 5) is 5.17. The van der Waals surface area contributed by atoms with Crippen molar-refractivity contribution in [2.75, 3.05) is 6.61 Å². The van der Waals surface area contributed by atoms with Crippen molar-refractivity contribution in [3.8, 4) is 17.6 Å². The molecule has 0 bridgehead atoms. The molecule has 0 aliphatic carbocycles. The minimum Gasteiger partial charge on any atom is -0.485 e. The zero-order valence-electron chi connectivity index (χ0n) is 15.1. The van der Waals surface area contributed by atoms with Gasteiger partial charge in [0.25, 0.3) is 0 Å². The van der Waals surface area contributed by atoms with Crippen LogP contribution in [0.1, 0.15) is 28.9 Å². The van der Waals surface area contributed by atoms with E-state index in [4.69, 9.17) is 9.47 Å². The first-order chi connectivity index (χ1) is 13.1. The van der Waals surface area contributed by atoms with E-state index >= 15 is 0 Å². The fraction of sp³-hybridized carbons (Fsp3) is 0.263. The van der Waals surface area contributed by atoms with Crippen LogP contribution in [0.25, 0.3) is 0 Å². The molecule has 1 atom stereocenters. The number of nitriles is 1. The highest BCUT2D eigenvalue weighted by atomic mass is 32.2. The van der Waals surface area contributed by atoms with Crippen molar-refractivity contribution in [2.24, 2.45) is 7.05 Å². The average Bonchev–Trinajstić information content (AvgIpc) is 3.01. The van der Waals surface area contributed by atoms with Crippen molar-refractivity contribution in [1.29, 1.82) is 5.26 Å². The molecule has 0 saturated carbocycles. The fourth-order valence-electron chi connectivity index (χ4n) is 2.95. The quantitative estimate of drug-likeness (QED) is 0.690. The Morgan fingerprint density at radius 2 is 2.00 bits per heavy atom. The summed E-state index contributed by atoms with van der Waals surface area (Å²) in [6, 6.07) is 11.7. The largest absolute Gasteiger partial charge is 0.485 e. The van der Waals surface area contributed by atoms with Crippen LogP contribution in [0.2, 0.25) is 0 Å². The SMILES string of the molecule is Cc1cc(Sc2nnc(C3COc4ccccc4O3)n2C)c(C#N)c(C)n1. The van der Waals surface area contributed by atoms with Gasteiger partial charge in [-0.05, 0) is 43.8 Å². The summed E-state index contributed by atoms with van der Waals surface area (Å²) in [5.41, 5.74) is 2.13. The lowest BCUT2D eigenvalue weighted by atomic mass is 10.2. The molecule has 1 unspecified atom stereocenters. The third-order valence-corrected chi connectivity index (χ3v) is 5.35. The number of aromatic nitrogens is 4. The Bertz CT molecular complexity index is 1060. The molecule has 4 rings (SSSR count). The van der Waals surface area contributed by atoms with Gasteiger partial charge < -0.3 is 14.0 Å². The van der Waals surface area contributed by atoms with Gasteiger partial charge in [0, 0.05) is 17.6 Å². The molecule has 136 valence electrons. The van der Waals surface area contributed by atoms with Gasteiger partial charge in [0.2, 0.25) is 0 Å². The molecular weight excluding hydrogens is 362 g/mol. The first-order valence-electron chi connectivity index (χ1n) is 8.40. The summed E-state index contributed by atoms with van der Waals surface area (Å²) in [7, 11) is 1.88. The van der Waals surface area contributed by atoms with Crippen molar-refractivity contribution in [1.82, 2.24) is 19.7 Å². The molecule has 0 saturated heterocycles. The number of hydrogen-bond acceptors (Lipinski definition) is 7. The number of hydrogen-bond donors (Lipinski definition) is 0. The highest BCUT2D eigenvalue weighted by molar-refractivity contribution is 7.99. The Morgan fingerprint density at radius 1 is 1.22 bits per heavy atom. The van der Waals surface area contributed by atoms with Crippen molar-refractivity contribution >= 4 is 11.8 Å². The summed E-state index contributed by atoms with van der Waals surface area (Å²) < 4.78 is 13.7. The minimum absolute atomic E-state index is 0.344. The number of ether oxygens (including phenoxy) is 2. The molecule has 1 aliphatic heterocycles. The first kappa shape index (κ1) is 17.4. The average molecular weight is 379 g/mol. The maximum atomic E-state index is 9.46. The van der Waals surface area contributed by atoms with E-state index in [0.717, 1.165) is 16.3 Å². The van der Waals surface area contributed by atoms with Crippen LogP contribution in [0.15, 0.2) is 40.4 Å². The van der Waals surface area contributed by atoms with Gasteiger partial charge in [0.15, 0.2) is 28.6 Å². The van der Waals surface area contributed by atoms with Crippen LogP contribution in [0, 0.1) is 25.2 Å². The van der Waals surface area contributed by atoms with Crippen molar-refractivity contribution in [3.63, 3.8) is 0 Å². The lowest BCUT2D eigenvalue weighted by Gasteiger charge is -2.25. The third-order valence-electron chi connectivity index (χ3n) is 4.27. The smallest absolute Gasteiger partial charge is 0.195 e. The molecule has 3 aromatic rings. The van der Waals surface area contributed by atoms with E-state index < -0.39 is 0 Å². The Hall–Kier alpha value is -3.05. The second kappa shape index (κ2) is 6.93. The maximum Gasteiger partial charge on any atom is 0.195 e. The number of nitrogens with zero attached hydrogens (tertiary/aromatic N) is 5. The standard InChI is InChI=1S/C19H17N5O2S/c1-11-8-17(13(9-20)12(2)21-11)27-19-23-22-18(24(19)3)16-10-25-14-6-4-5-7-15(14)26-16/h4-8,16H,10H2,1-3H3.